The number of carbonyl (C=O) groups excluding carboxylic acids is 2. The Labute approximate surface area is 124 Å². The van der Waals surface area contributed by atoms with Crippen molar-refractivity contribution < 1.29 is 19.5 Å². The molecule has 0 radical (unpaired) electrons. The number of rotatable bonds is 9. The van der Waals surface area contributed by atoms with Gasteiger partial charge in [0, 0.05) is 32.0 Å². The van der Waals surface area contributed by atoms with Crippen molar-refractivity contribution in [3.8, 4) is 0 Å². The van der Waals surface area contributed by atoms with E-state index in [4.69, 9.17) is 5.11 Å². The SMILES string of the molecule is O=C(O)CCCCCCNC(=O)C1CC(=O)N(C2CC2)C1. The number of hydrogen-bond acceptors (Lipinski definition) is 3. The molecule has 2 aliphatic rings. The summed E-state index contributed by atoms with van der Waals surface area (Å²) in [5.41, 5.74) is 0. The van der Waals surface area contributed by atoms with Crippen molar-refractivity contribution in [2.45, 2.75) is 57.4 Å². The van der Waals surface area contributed by atoms with Crippen molar-refractivity contribution in [2.75, 3.05) is 13.1 Å². The second-order valence-corrected chi connectivity index (χ2v) is 6.03. The van der Waals surface area contributed by atoms with E-state index >= 15 is 0 Å². The maximum atomic E-state index is 12.0. The lowest BCUT2D eigenvalue weighted by atomic mass is 10.1. The van der Waals surface area contributed by atoms with Crippen LogP contribution in [-0.2, 0) is 14.4 Å². The predicted molar refractivity (Wildman–Crippen MR) is 76.6 cm³/mol. The van der Waals surface area contributed by atoms with E-state index in [1.807, 2.05) is 4.90 Å². The molecule has 1 atom stereocenters. The van der Waals surface area contributed by atoms with Gasteiger partial charge in [-0.1, -0.05) is 12.8 Å². The Bertz CT molecular complexity index is 406. The Balaban J connectivity index is 1.53. The minimum absolute atomic E-state index is 0.0166. The highest BCUT2D eigenvalue weighted by molar-refractivity contribution is 5.89. The van der Waals surface area contributed by atoms with Crippen molar-refractivity contribution >= 4 is 17.8 Å². The molecule has 2 fully saturated rings. The molecule has 0 bridgehead atoms. The number of hydrogen-bond donors (Lipinski definition) is 2. The highest BCUT2D eigenvalue weighted by Gasteiger charge is 2.41. The molecular weight excluding hydrogens is 272 g/mol. The third-order valence-corrected chi connectivity index (χ3v) is 4.13. The fraction of sp³-hybridized carbons (Fsp3) is 0.800. The average molecular weight is 296 g/mol. The largest absolute Gasteiger partial charge is 0.481 e. The van der Waals surface area contributed by atoms with Gasteiger partial charge in [0.05, 0.1) is 5.92 Å². The quantitative estimate of drug-likeness (QED) is 0.625. The maximum Gasteiger partial charge on any atom is 0.303 e. The van der Waals surface area contributed by atoms with Crippen molar-refractivity contribution in [1.82, 2.24) is 10.2 Å². The van der Waals surface area contributed by atoms with Gasteiger partial charge in [0.15, 0.2) is 0 Å². The molecule has 1 saturated carbocycles. The lowest BCUT2D eigenvalue weighted by Gasteiger charge is -2.15. The molecule has 21 heavy (non-hydrogen) atoms. The predicted octanol–water partition coefficient (Wildman–Crippen LogP) is 1.15. The molecule has 6 heteroatoms. The van der Waals surface area contributed by atoms with Crippen LogP contribution in [0, 0.1) is 5.92 Å². The molecule has 0 spiro atoms. The molecule has 0 aromatic rings. The molecule has 118 valence electrons. The molecule has 1 saturated heterocycles. The normalized spacial score (nSPS) is 21.6. The molecule has 6 nitrogen and oxygen atoms in total. The van der Waals surface area contributed by atoms with Gasteiger partial charge in [-0.25, -0.2) is 0 Å². The molecule has 1 aliphatic heterocycles. The molecule has 1 unspecified atom stereocenters. The van der Waals surface area contributed by atoms with Crippen LogP contribution in [0.15, 0.2) is 0 Å². The lowest BCUT2D eigenvalue weighted by molar-refractivity contribution is -0.137. The third-order valence-electron chi connectivity index (χ3n) is 4.13. The summed E-state index contributed by atoms with van der Waals surface area (Å²) in [4.78, 5) is 36.0. The van der Waals surface area contributed by atoms with Crippen LogP contribution >= 0.6 is 0 Å². The van der Waals surface area contributed by atoms with Crippen LogP contribution in [0.25, 0.3) is 0 Å². The number of amides is 2. The Morgan fingerprint density at radius 1 is 1.19 bits per heavy atom. The van der Waals surface area contributed by atoms with Crippen LogP contribution < -0.4 is 5.32 Å². The summed E-state index contributed by atoms with van der Waals surface area (Å²) in [5.74, 6) is -0.845. The molecule has 1 heterocycles. The molecule has 2 N–H and O–H groups in total. The van der Waals surface area contributed by atoms with Crippen LogP contribution in [0.1, 0.15) is 51.4 Å². The van der Waals surface area contributed by atoms with Crippen molar-refractivity contribution in [3.63, 3.8) is 0 Å². The van der Waals surface area contributed by atoms with Crippen LogP contribution in [0.4, 0.5) is 0 Å². The van der Waals surface area contributed by atoms with Gasteiger partial charge in [0.1, 0.15) is 0 Å². The molecule has 0 aromatic carbocycles. The van der Waals surface area contributed by atoms with Crippen LogP contribution in [0.5, 0.6) is 0 Å². The van der Waals surface area contributed by atoms with Gasteiger partial charge >= 0.3 is 5.97 Å². The number of carboxylic acid groups (broad SMARTS) is 1. The van der Waals surface area contributed by atoms with Gasteiger partial charge in [-0.15, -0.1) is 0 Å². The number of carboxylic acids is 1. The van der Waals surface area contributed by atoms with Crippen molar-refractivity contribution in [3.05, 3.63) is 0 Å². The van der Waals surface area contributed by atoms with Crippen molar-refractivity contribution in [1.29, 1.82) is 0 Å². The summed E-state index contributed by atoms with van der Waals surface area (Å²) in [5, 5.41) is 11.4. The molecule has 0 aromatic heterocycles. The summed E-state index contributed by atoms with van der Waals surface area (Å²) in [6.07, 6.45) is 6.07. The van der Waals surface area contributed by atoms with E-state index in [0.29, 0.717) is 32.0 Å². The van der Waals surface area contributed by atoms with Gasteiger partial charge in [-0.05, 0) is 25.7 Å². The van der Waals surface area contributed by atoms with Crippen LogP contribution in [0.3, 0.4) is 0 Å². The number of nitrogens with zero attached hydrogens (tertiary/aromatic N) is 1. The van der Waals surface area contributed by atoms with Gasteiger partial charge < -0.3 is 15.3 Å². The molecular formula is C15H24N2O4. The number of likely N-dealkylation sites (tertiary alicyclic amines) is 1. The summed E-state index contributed by atoms with van der Waals surface area (Å²) in [7, 11) is 0. The number of nitrogens with one attached hydrogen (secondary N) is 1. The van der Waals surface area contributed by atoms with E-state index in [-0.39, 0.29) is 24.2 Å². The third kappa shape index (κ3) is 5.02. The number of unbranched alkanes of at least 4 members (excludes halogenated alkanes) is 3. The first-order valence-electron chi connectivity index (χ1n) is 7.87. The zero-order chi connectivity index (χ0) is 15.2. The van der Waals surface area contributed by atoms with E-state index < -0.39 is 5.97 Å². The molecule has 2 rings (SSSR count). The Kier molecular flexibility index (Phi) is 5.59. The lowest BCUT2D eigenvalue weighted by Crippen LogP contribution is -2.34. The van der Waals surface area contributed by atoms with E-state index in [1.54, 1.807) is 0 Å². The average Bonchev–Trinajstić information content (AvgIpc) is 3.20. The fourth-order valence-corrected chi connectivity index (χ4v) is 2.76. The number of carbonyl (C=O) groups is 3. The Morgan fingerprint density at radius 3 is 2.57 bits per heavy atom. The Morgan fingerprint density at radius 2 is 1.90 bits per heavy atom. The van der Waals surface area contributed by atoms with Crippen molar-refractivity contribution in [2.24, 2.45) is 5.92 Å². The fourth-order valence-electron chi connectivity index (χ4n) is 2.76. The van der Waals surface area contributed by atoms with E-state index in [1.165, 1.54) is 0 Å². The van der Waals surface area contributed by atoms with Gasteiger partial charge in [-0.3, -0.25) is 14.4 Å². The zero-order valence-corrected chi connectivity index (χ0v) is 12.3. The first kappa shape index (κ1) is 15.8. The Hall–Kier alpha value is -1.59. The van der Waals surface area contributed by atoms with E-state index in [9.17, 15) is 14.4 Å². The monoisotopic (exact) mass is 296 g/mol. The topological polar surface area (TPSA) is 86.7 Å². The number of aliphatic carboxylic acids is 1. The summed E-state index contributed by atoms with van der Waals surface area (Å²) in [6.45, 7) is 1.19. The molecule has 2 amide bonds. The standard InChI is InChI=1S/C15H24N2O4/c18-13-9-11(10-17(13)12-6-7-12)15(21)16-8-4-2-1-3-5-14(19)20/h11-12H,1-10H2,(H,16,21)(H,19,20). The second-order valence-electron chi connectivity index (χ2n) is 6.03. The zero-order valence-electron chi connectivity index (χ0n) is 12.3. The summed E-state index contributed by atoms with van der Waals surface area (Å²) in [6, 6.07) is 0.393. The minimum Gasteiger partial charge on any atom is -0.481 e. The highest BCUT2D eigenvalue weighted by atomic mass is 16.4. The minimum atomic E-state index is -0.755. The second kappa shape index (κ2) is 7.43. The van der Waals surface area contributed by atoms with E-state index in [0.717, 1.165) is 32.1 Å². The highest BCUT2D eigenvalue weighted by Crippen LogP contribution is 2.32. The summed E-state index contributed by atoms with van der Waals surface area (Å²) < 4.78 is 0. The van der Waals surface area contributed by atoms with Gasteiger partial charge in [0.2, 0.25) is 11.8 Å². The van der Waals surface area contributed by atoms with Gasteiger partial charge in [-0.2, -0.15) is 0 Å². The first-order valence-corrected chi connectivity index (χ1v) is 7.87. The smallest absolute Gasteiger partial charge is 0.303 e. The maximum absolute atomic E-state index is 12.0. The van der Waals surface area contributed by atoms with Crippen LogP contribution in [0.2, 0.25) is 0 Å². The van der Waals surface area contributed by atoms with E-state index in [2.05, 4.69) is 5.32 Å². The summed E-state index contributed by atoms with van der Waals surface area (Å²) >= 11 is 0. The molecule has 1 aliphatic carbocycles. The van der Waals surface area contributed by atoms with Gasteiger partial charge in [0.25, 0.3) is 0 Å². The van der Waals surface area contributed by atoms with Crippen LogP contribution in [-0.4, -0.2) is 46.9 Å². The first-order chi connectivity index (χ1) is 10.1.